The van der Waals surface area contributed by atoms with Crippen molar-refractivity contribution in [3.63, 3.8) is 0 Å². The Morgan fingerprint density at radius 2 is 1.73 bits per heavy atom. The summed E-state index contributed by atoms with van der Waals surface area (Å²) in [7, 11) is 0. The first-order valence-corrected chi connectivity index (χ1v) is 14.2. The molecule has 208 valence electrons. The fourth-order valence-corrected chi connectivity index (χ4v) is 5.58. The number of hydrogen-bond acceptors (Lipinski definition) is 8. The number of ether oxygens (including phenoxy) is 2. The molecule has 1 saturated heterocycles. The lowest BCUT2D eigenvalue weighted by Gasteiger charge is -2.41. The third-order valence-corrected chi connectivity index (χ3v) is 7.73. The number of rotatable bonds is 9. The van der Waals surface area contributed by atoms with Crippen molar-refractivity contribution in [2.45, 2.75) is 44.1 Å². The van der Waals surface area contributed by atoms with Gasteiger partial charge >= 0.3 is 6.03 Å². The van der Waals surface area contributed by atoms with Gasteiger partial charge in [-0.3, -0.25) is 0 Å². The fraction of sp³-hybridized carbons (Fsp3) is 0.310. The van der Waals surface area contributed by atoms with Gasteiger partial charge in [-0.2, -0.15) is 4.68 Å². The molecule has 40 heavy (non-hydrogen) atoms. The first-order valence-electron chi connectivity index (χ1n) is 13.2. The zero-order valence-electron chi connectivity index (χ0n) is 22.3. The van der Waals surface area contributed by atoms with Crippen molar-refractivity contribution < 1.29 is 19.4 Å². The van der Waals surface area contributed by atoms with E-state index >= 15 is 0 Å². The van der Waals surface area contributed by atoms with Crippen LogP contribution in [-0.4, -0.2) is 49.7 Å². The summed E-state index contributed by atoms with van der Waals surface area (Å²) in [5.74, 6) is 0.625. The van der Waals surface area contributed by atoms with Crippen LogP contribution in [0.15, 0.2) is 84.0 Å². The van der Waals surface area contributed by atoms with Crippen molar-refractivity contribution in [1.82, 2.24) is 25.5 Å². The smallest absolute Gasteiger partial charge is 0.319 e. The Morgan fingerprint density at radius 3 is 2.42 bits per heavy atom. The summed E-state index contributed by atoms with van der Waals surface area (Å²) in [6.07, 6.45) is -1.04. The maximum absolute atomic E-state index is 11.9. The monoisotopic (exact) mass is 560 g/mol. The Hall–Kier alpha value is -3.77. The number of thioether (sulfide) groups is 1. The molecule has 1 aliphatic heterocycles. The molecular formula is C29H32N6O4S. The van der Waals surface area contributed by atoms with Crippen LogP contribution < -0.4 is 10.6 Å². The average molecular weight is 561 g/mol. The van der Waals surface area contributed by atoms with Gasteiger partial charge < -0.3 is 25.2 Å². The second-order valence-electron chi connectivity index (χ2n) is 9.45. The number of amides is 2. The van der Waals surface area contributed by atoms with Crippen molar-refractivity contribution in [1.29, 1.82) is 0 Å². The summed E-state index contributed by atoms with van der Waals surface area (Å²) >= 11 is 1.53. The third kappa shape index (κ3) is 6.50. The molecule has 3 N–H and O–H groups in total. The van der Waals surface area contributed by atoms with Crippen LogP contribution in [0.5, 0.6) is 0 Å². The van der Waals surface area contributed by atoms with Crippen molar-refractivity contribution in [3.8, 4) is 5.69 Å². The van der Waals surface area contributed by atoms with Gasteiger partial charge in [-0.05, 0) is 52.7 Å². The number of aromatic nitrogens is 4. The van der Waals surface area contributed by atoms with E-state index in [2.05, 4.69) is 33.1 Å². The number of carbonyl (C=O) groups excluding carboxylic acids is 1. The quantitative estimate of drug-likeness (QED) is 0.248. The van der Waals surface area contributed by atoms with Crippen LogP contribution in [0.3, 0.4) is 0 Å². The molecule has 0 bridgehead atoms. The molecule has 0 unspecified atom stereocenters. The Kier molecular flexibility index (Phi) is 9.07. The van der Waals surface area contributed by atoms with Gasteiger partial charge in [-0.25, -0.2) is 4.79 Å². The number of carbonyl (C=O) groups is 1. The van der Waals surface area contributed by atoms with Gasteiger partial charge in [0.1, 0.15) is 0 Å². The Labute approximate surface area is 237 Å². The summed E-state index contributed by atoms with van der Waals surface area (Å²) < 4.78 is 14.8. The van der Waals surface area contributed by atoms with E-state index in [4.69, 9.17) is 9.47 Å². The third-order valence-electron chi connectivity index (χ3n) is 6.72. The molecule has 5 rings (SSSR count). The van der Waals surface area contributed by atoms with E-state index in [-0.39, 0.29) is 30.8 Å². The molecule has 2 amide bonds. The number of aliphatic hydroxyl groups is 1. The summed E-state index contributed by atoms with van der Waals surface area (Å²) in [5.41, 5.74) is 4.26. The lowest BCUT2D eigenvalue weighted by Crippen LogP contribution is -2.38. The standard InChI is InChI=1S/C29H32N6O4S/c1-3-30-28(37)31-23-15-13-22(14-16-23)27-38-25(19(2)26(39-27)21-11-9-20(17-36)10-12-21)18-40-29-32-33-34-35(29)24-7-5-4-6-8-24/h4-16,19,25-27,36H,3,17-18H2,1-2H3,(H2,30,31,37)/t19-,25+,26+,27+/m0/s1. The maximum Gasteiger partial charge on any atom is 0.319 e. The van der Waals surface area contributed by atoms with E-state index in [1.807, 2.05) is 85.8 Å². The molecule has 10 nitrogen and oxygen atoms in total. The molecule has 11 heteroatoms. The van der Waals surface area contributed by atoms with E-state index < -0.39 is 6.29 Å². The van der Waals surface area contributed by atoms with E-state index in [1.54, 1.807) is 4.68 Å². The summed E-state index contributed by atoms with van der Waals surface area (Å²) in [5, 5.41) is 28.0. The fourth-order valence-electron chi connectivity index (χ4n) is 4.53. The van der Waals surface area contributed by atoms with E-state index in [0.29, 0.717) is 23.1 Å². The Balaban J connectivity index is 1.36. The van der Waals surface area contributed by atoms with Crippen LogP contribution in [-0.2, 0) is 16.1 Å². The summed E-state index contributed by atoms with van der Waals surface area (Å²) in [4.78, 5) is 11.9. The van der Waals surface area contributed by atoms with Crippen molar-refractivity contribution in [2.75, 3.05) is 17.6 Å². The summed E-state index contributed by atoms with van der Waals surface area (Å²) in [6.45, 7) is 4.51. The Morgan fingerprint density at radius 1 is 1.00 bits per heavy atom. The van der Waals surface area contributed by atoms with Crippen LogP contribution in [0.1, 0.15) is 42.9 Å². The molecular weight excluding hydrogens is 528 g/mol. The van der Waals surface area contributed by atoms with Crippen molar-refractivity contribution in [2.24, 2.45) is 5.92 Å². The van der Waals surface area contributed by atoms with Gasteiger partial charge in [-0.15, -0.1) is 5.10 Å². The van der Waals surface area contributed by atoms with Crippen LogP contribution >= 0.6 is 11.8 Å². The van der Waals surface area contributed by atoms with Crippen LogP contribution in [0.25, 0.3) is 5.69 Å². The molecule has 1 fully saturated rings. The number of urea groups is 1. The lowest BCUT2D eigenvalue weighted by atomic mass is 9.91. The largest absolute Gasteiger partial charge is 0.392 e. The highest BCUT2D eigenvalue weighted by atomic mass is 32.2. The molecule has 0 radical (unpaired) electrons. The van der Waals surface area contributed by atoms with Gasteiger partial charge in [0.15, 0.2) is 6.29 Å². The molecule has 0 aliphatic carbocycles. The minimum Gasteiger partial charge on any atom is -0.392 e. The molecule has 4 aromatic rings. The lowest BCUT2D eigenvalue weighted by molar-refractivity contribution is -0.268. The normalized spacial score (nSPS) is 20.7. The molecule has 4 atom stereocenters. The maximum atomic E-state index is 11.9. The molecule has 1 aromatic heterocycles. The van der Waals surface area contributed by atoms with E-state index in [9.17, 15) is 9.90 Å². The number of anilines is 1. The number of aliphatic hydroxyl groups excluding tert-OH is 1. The van der Waals surface area contributed by atoms with Gasteiger partial charge in [0, 0.05) is 29.5 Å². The molecule has 3 aromatic carbocycles. The second kappa shape index (κ2) is 13.1. The molecule has 1 aliphatic rings. The summed E-state index contributed by atoms with van der Waals surface area (Å²) in [6, 6.07) is 24.8. The number of para-hydroxylation sites is 1. The van der Waals surface area contributed by atoms with E-state index in [0.717, 1.165) is 22.4 Å². The average Bonchev–Trinajstić information content (AvgIpc) is 3.46. The van der Waals surface area contributed by atoms with E-state index in [1.165, 1.54) is 11.8 Å². The predicted molar refractivity (Wildman–Crippen MR) is 152 cm³/mol. The van der Waals surface area contributed by atoms with Gasteiger partial charge in [0.25, 0.3) is 0 Å². The van der Waals surface area contributed by atoms with Gasteiger partial charge in [0.05, 0.1) is 24.5 Å². The van der Waals surface area contributed by atoms with Crippen molar-refractivity contribution in [3.05, 3.63) is 95.6 Å². The molecule has 0 saturated carbocycles. The van der Waals surface area contributed by atoms with Crippen LogP contribution in [0, 0.1) is 5.92 Å². The minimum absolute atomic E-state index is 0.0147. The topological polar surface area (TPSA) is 123 Å². The Bertz CT molecular complexity index is 1380. The predicted octanol–water partition coefficient (Wildman–Crippen LogP) is 4.88. The highest BCUT2D eigenvalue weighted by molar-refractivity contribution is 7.99. The minimum atomic E-state index is -0.618. The molecule has 2 heterocycles. The number of nitrogens with one attached hydrogen (secondary N) is 2. The van der Waals surface area contributed by atoms with Crippen LogP contribution in [0.4, 0.5) is 10.5 Å². The second-order valence-corrected chi connectivity index (χ2v) is 10.4. The zero-order chi connectivity index (χ0) is 27.9. The van der Waals surface area contributed by atoms with Gasteiger partial charge in [-0.1, -0.05) is 73.3 Å². The zero-order valence-corrected chi connectivity index (χ0v) is 23.1. The number of hydrogen-bond donors (Lipinski definition) is 3. The highest BCUT2D eigenvalue weighted by Gasteiger charge is 2.38. The highest BCUT2D eigenvalue weighted by Crippen LogP contribution is 2.43. The molecule has 0 spiro atoms. The van der Waals surface area contributed by atoms with Crippen LogP contribution in [0.2, 0.25) is 0 Å². The SMILES string of the molecule is CCNC(=O)Nc1ccc([C@@H]2O[C@H](CSc3nnnn3-c3ccccc3)[C@H](C)[C@H](c3ccc(CO)cc3)O2)cc1. The first-order chi connectivity index (χ1) is 19.6. The first kappa shape index (κ1) is 27.8. The number of nitrogens with zero attached hydrogens (tertiary/aromatic N) is 4. The van der Waals surface area contributed by atoms with Crippen molar-refractivity contribution >= 4 is 23.5 Å². The number of tetrazole rings is 1. The number of benzene rings is 3. The van der Waals surface area contributed by atoms with Gasteiger partial charge in [0.2, 0.25) is 5.16 Å².